The highest BCUT2D eigenvalue weighted by Gasteiger charge is 2.06. The average molecular weight is 122 g/mol. The van der Waals surface area contributed by atoms with E-state index >= 15 is 0 Å². The normalized spacial score (nSPS) is 10.2. The van der Waals surface area contributed by atoms with Crippen molar-refractivity contribution in [3.05, 3.63) is 12.3 Å². The van der Waals surface area contributed by atoms with Crippen LogP contribution in [-0.4, -0.2) is 20.6 Å². The summed E-state index contributed by atoms with van der Waals surface area (Å²) in [5, 5.41) is 14.0. The summed E-state index contributed by atoms with van der Waals surface area (Å²) < 4.78 is 4.67. The number of nitrogens with zero attached hydrogens (tertiary/aromatic N) is 4. The highest BCUT2D eigenvalue weighted by molar-refractivity contribution is 5.43. The molecular formula is C4H2N4O. The molecule has 0 aromatic heterocycles. The minimum Gasteiger partial charge on any atom is -0.332 e. The molecule has 0 saturated carbocycles. The second-order valence-corrected chi connectivity index (χ2v) is 1.49. The topological polar surface area (TPSA) is 64.7 Å². The Bertz CT molecular complexity index is 253. The summed E-state index contributed by atoms with van der Waals surface area (Å²) >= 11 is 0. The second kappa shape index (κ2) is 1.48. The number of rotatable bonds is 0. The van der Waals surface area contributed by atoms with E-state index in [4.69, 9.17) is 0 Å². The van der Waals surface area contributed by atoms with Crippen LogP contribution in [0.3, 0.4) is 0 Å². The van der Waals surface area contributed by atoms with Gasteiger partial charge in [0.1, 0.15) is 0 Å². The van der Waals surface area contributed by atoms with E-state index in [0.29, 0.717) is 11.6 Å². The SMILES string of the molecule is c1cc2nnnc-2on1. The van der Waals surface area contributed by atoms with E-state index in [1.54, 1.807) is 6.07 Å². The van der Waals surface area contributed by atoms with Gasteiger partial charge in [0.15, 0.2) is 5.69 Å². The lowest BCUT2D eigenvalue weighted by atomic mass is 10.4. The molecule has 0 fully saturated rings. The molecular weight excluding hydrogens is 120 g/mol. The van der Waals surface area contributed by atoms with E-state index in [2.05, 4.69) is 25.1 Å². The van der Waals surface area contributed by atoms with Gasteiger partial charge in [0.2, 0.25) is 0 Å². The van der Waals surface area contributed by atoms with Crippen molar-refractivity contribution in [2.45, 2.75) is 0 Å². The van der Waals surface area contributed by atoms with Crippen molar-refractivity contribution in [2.75, 3.05) is 0 Å². The number of hydrogen-bond donors (Lipinski definition) is 0. The van der Waals surface area contributed by atoms with E-state index in [1.807, 2.05) is 0 Å². The molecule has 0 bridgehead atoms. The molecule has 0 aliphatic carbocycles. The van der Waals surface area contributed by atoms with Gasteiger partial charge in [0.05, 0.1) is 6.20 Å². The van der Waals surface area contributed by atoms with E-state index < -0.39 is 0 Å². The Hall–Kier alpha value is -1.52. The maximum atomic E-state index is 4.67. The third-order valence-electron chi connectivity index (χ3n) is 0.940. The molecule has 44 valence electrons. The average Bonchev–Trinajstić information content (AvgIpc) is 2.33. The van der Waals surface area contributed by atoms with Crippen molar-refractivity contribution in [1.82, 2.24) is 20.6 Å². The molecule has 0 amide bonds. The van der Waals surface area contributed by atoms with Crippen molar-refractivity contribution >= 4 is 0 Å². The van der Waals surface area contributed by atoms with Crippen LogP contribution in [-0.2, 0) is 0 Å². The van der Waals surface area contributed by atoms with Gasteiger partial charge in [0.25, 0.3) is 5.89 Å². The van der Waals surface area contributed by atoms with Crippen LogP contribution in [0.15, 0.2) is 16.8 Å². The Balaban J connectivity index is 2.79. The predicted octanol–water partition coefficient (Wildman–Crippen LogP) is -0.0356. The summed E-state index contributed by atoms with van der Waals surface area (Å²) in [7, 11) is 0. The molecule has 0 radical (unpaired) electrons. The van der Waals surface area contributed by atoms with Crippen molar-refractivity contribution in [3.63, 3.8) is 0 Å². The summed E-state index contributed by atoms with van der Waals surface area (Å²) in [6.07, 6.45) is 1.50. The second-order valence-electron chi connectivity index (χ2n) is 1.49. The molecule has 5 nitrogen and oxygen atoms in total. The van der Waals surface area contributed by atoms with Gasteiger partial charge < -0.3 is 4.52 Å². The number of fused-ring (bicyclic) bond motifs is 1. The van der Waals surface area contributed by atoms with Gasteiger partial charge >= 0.3 is 0 Å². The maximum Gasteiger partial charge on any atom is 0.296 e. The molecule has 9 heavy (non-hydrogen) atoms. The standard InChI is InChI=1S/C4H2N4O/c1-2-5-9-4-3(1)6-8-7-4/h1-2H. The summed E-state index contributed by atoms with van der Waals surface area (Å²) in [6.45, 7) is 0. The fraction of sp³-hybridized carbons (Fsp3) is 0. The molecule has 0 aromatic rings. The lowest BCUT2D eigenvalue weighted by Gasteiger charge is -1.84. The monoisotopic (exact) mass is 122 g/mol. The largest absolute Gasteiger partial charge is 0.332 e. The van der Waals surface area contributed by atoms with Gasteiger partial charge in [-0.1, -0.05) is 10.3 Å². The Morgan fingerprint density at radius 3 is 3.22 bits per heavy atom. The van der Waals surface area contributed by atoms with Gasteiger partial charge in [-0.25, -0.2) is 0 Å². The quantitative estimate of drug-likeness (QED) is 0.490. The van der Waals surface area contributed by atoms with Crippen molar-refractivity contribution in [2.24, 2.45) is 0 Å². The lowest BCUT2D eigenvalue weighted by molar-refractivity contribution is 0.401. The molecule has 2 aliphatic heterocycles. The zero-order valence-electron chi connectivity index (χ0n) is 4.35. The highest BCUT2D eigenvalue weighted by Crippen LogP contribution is 2.10. The first-order valence-corrected chi connectivity index (χ1v) is 2.36. The van der Waals surface area contributed by atoms with Crippen LogP contribution < -0.4 is 0 Å². The Morgan fingerprint density at radius 2 is 2.33 bits per heavy atom. The first-order chi connectivity index (χ1) is 4.47. The fourth-order valence-corrected chi connectivity index (χ4v) is 0.556. The van der Waals surface area contributed by atoms with Crippen molar-refractivity contribution < 1.29 is 4.52 Å². The molecule has 2 heterocycles. The van der Waals surface area contributed by atoms with Crippen LogP contribution in [0.25, 0.3) is 11.6 Å². The van der Waals surface area contributed by atoms with Crippen molar-refractivity contribution in [1.29, 1.82) is 0 Å². The van der Waals surface area contributed by atoms with Crippen LogP contribution in [0.1, 0.15) is 0 Å². The summed E-state index contributed by atoms with van der Waals surface area (Å²) in [6, 6.07) is 1.68. The molecule has 2 rings (SSSR count). The first-order valence-electron chi connectivity index (χ1n) is 2.36. The smallest absolute Gasteiger partial charge is 0.296 e. The molecule has 0 saturated heterocycles. The minimum atomic E-state index is 0.373. The predicted molar refractivity (Wildman–Crippen MR) is 26.5 cm³/mol. The number of aromatic nitrogens is 4. The molecule has 0 unspecified atom stereocenters. The van der Waals surface area contributed by atoms with Crippen LogP contribution >= 0.6 is 0 Å². The first kappa shape index (κ1) is 4.37. The zero-order chi connectivity index (χ0) is 6.10. The van der Waals surface area contributed by atoms with Gasteiger partial charge in [-0.3, -0.25) is 0 Å². The van der Waals surface area contributed by atoms with Crippen LogP contribution in [0.5, 0.6) is 0 Å². The van der Waals surface area contributed by atoms with Crippen LogP contribution in [0, 0.1) is 0 Å². The lowest BCUT2D eigenvalue weighted by Crippen LogP contribution is -1.77. The zero-order valence-corrected chi connectivity index (χ0v) is 4.35. The Morgan fingerprint density at radius 1 is 1.33 bits per heavy atom. The van der Waals surface area contributed by atoms with Crippen molar-refractivity contribution in [3.8, 4) is 11.6 Å². The molecule has 0 aromatic carbocycles. The van der Waals surface area contributed by atoms with E-state index in [-0.39, 0.29) is 0 Å². The highest BCUT2D eigenvalue weighted by atomic mass is 16.5. The van der Waals surface area contributed by atoms with Gasteiger partial charge in [-0.2, -0.15) is 0 Å². The summed E-state index contributed by atoms with van der Waals surface area (Å²) in [4.78, 5) is 0. The molecule has 2 aliphatic rings. The molecule has 5 heteroatoms. The van der Waals surface area contributed by atoms with Crippen LogP contribution in [0.2, 0.25) is 0 Å². The molecule has 0 N–H and O–H groups in total. The molecule has 0 atom stereocenters. The summed E-state index contributed by atoms with van der Waals surface area (Å²) in [5.74, 6) is 0.373. The van der Waals surface area contributed by atoms with Gasteiger partial charge in [0, 0.05) is 0 Å². The van der Waals surface area contributed by atoms with Gasteiger partial charge in [-0.05, 0) is 11.3 Å². The van der Waals surface area contributed by atoms with E-state index in [1.165, 1.54) is 6.20 Å². The maximum absolute atomic E-state index is 4.67. The third-order valence-corrected chi connectivity index (χ3v) is 0.940. The third kappa shape index (κ3) is 0.543. The Kier molecular flexibility index (Phi) is 0.717. The van der Waals surface area contributed by atoms with Gasteiger partial charge in [-0.15, -0.1) is 5.10 Å². The van der Waals surface area contributed by atoms with E-state index in [0.717, 1.165) is 0 Å². The summed E-state index contributed by atoms with van der Waals surface area (Å²) in [5.41, 5.74) is 0.630. The Labute approximate surface area is 50.0 Å². The van der Waals surface area contributed by atoms with E-state index in [9.17, 15) is 0 Å². The fourth-order valence-electron chi connectivity index (χ4n) is 0.556. The van der Waals surface area contributed by atoms with Crippen LogP contribution in [0.4, 0.5) is 0 Å². The number of hydrogen-bond acceptors (Lipinski definition) is 5. The molecule has 0 spiro atoms. The minimum absolute atomic E-state index is 0.373.